The van der Waals surface area contributed by atoms with E-state index in [1.54, 1.807) is 24.3 Å². The molecule has 0 bridgehead atoms. The number of benzene rings is 1. The summed E-state index contributed by atoms with van der Waals surface area (Å²) in [5.41, 5.74) is 8.05. The quantitative estimate of drug-likeness (QED) is 0.858. The molecule has 4 nitrogen and oxygen atoms in total. The molecule has 0 saturated heterocycles. The maximum atomic E-state index is 12.3. The number of aryl methyl sites for hydroxylation is 1. The first-order valence-corrected chi connectivity index (χ1v) is 6.28. The van der Waals surface area contributed by atoms with Crippen molar-refractivity contribution in [2.24, 2.45) is 0 Å². The van der Waals surface area contributed by atoms with Crippen LogP contribution in [0.5, 0.6) is 0 Å². The van der Waals surface area contributed by atoms with Gasteiger partial charge in [-0.2, -0.15) is 0 Å². The predicted octanol–water partition coefficient (Wildman–Crippen LogP) is 2.70. The normalized spacial score (nSPS) is 10.4. The summed E-state index contributed by atoms with van der Waals surface area (Å²) in [5, 5.41) is 0. The Morgan fingerprint density at radius 1 is 1.26 bits per heavy atom. The largest absolute Gasteiger partial charge is 0.469 e. The van der Waals surface area contributed by atoms with E-state index in [1.807, 2.05) is 31.2 Å². The fourth-order valence-corrected chi connectivity index (χ4v) is 1.98. The monoisotopic (exact) mass is 258 g/mol. The lowest BCUT2D eigenvalue weighted by molar-refractivity contribution is 0.0783. The van der Waals surface area contributed by atoms with Crippen LogP contribution in [0.1, 0.15) is 28.6 Å². The van der Waals surface area contributed by atoms with Crippen molar-refractivity contribution in [1.82, 2.24) is 4.90 Å². The molecule has 1 aromatic heterocycles. The minimum atomic E-state index is -0.0255. The van der Waals surface area contributed by atoms with E-state index < -0.39 is 0 Å². The number of nitrogen functional groups attached to an aromatic ring is 1. The first-order chi connectivity index (χ1) is 9.11. The first kappa shape index (κ1) is 13.2. The van der Waals surface area contributed by atoms with Crippen molar-refractivity contribution in [3.05, 3.63) is 53.5 Å². The molecule has 2 rings (SSSR count). The van der Waals surface area contributed by atoms with Crippen LogP contribution >= 0.6 is 0 Å². The van der Waals surface area contributed by atoms with Crippen molar-refractivity contribution in [3.8, 4) is 0 Å². The van der Waals surface area contributed by atoms with Gasteiger partial charge in [-0.1, -0.05) is 19.1 Å². The van der Waals surface area contributed by atoms with Gasteiger partial charge < -0.3 is 15.1 Å². The molecule has 1 heterocycles. The number of nitrogens with two attached hydrogens (primary N) is 1. The van der Waals surface area contributed by atoms with Crippen molar-refractivity contribution in [2.75, 3.05) is 12.8 Å². The number of hydrogen-bond acceptors (Lipinski definition) is 3. The van der Waals surface area contributed by atoms with E-state index in [0.29, 0.717) is 18.5 Å². The molecular weight excluding hydrogens is 240 g/mol. The molecule has 1 amide bonds. The molecule has 100 valence electrons. The number of amides is 1. The number of anilines is 1. The zero-order valence-corrected chi connectivity index (χ0v) is 11.2. The van der Waals surface area contributed by atoms with Crippen molar-refractivity contribution < 1.29 is 9.21 Å². The van der Waals surface area contributed by atoms with Crippen molar-refractivity contribution in [2.45, 2.75) is 19.9 Å². The molecule has 0 aliphatic heterocycles. The Balaban J connectivity index is 2.09. The second-order valence-corrected chi connectivity index (χ2v) is 4.51. The van der Waals surface area contributed by atoms with Crippen LogP contribution in [-0.4, -0.2) is 17.9 Å². The van der Waals surface area contributed by atoms with Crippen LogP contribution in [0.3, 0.4) is 0 Å². The van der Waals surface area contributed by atoms with E-state index >= 15 is 0 Å². The van der Waals surface area contributed by atoms with Crippen LogP contribution in [0.2, 0.25) is 0 Å². The van der Waals surface area contributed by atoms with Crippen LogP contribution in [0.25, 0.3) is 0 Å². The maximum Gasteiger partial charge on any atom is 0.257 e. The topological polar surface area (TPSA) is 59.5 Å². The second kappa shape index (κ2) is 5.61. The fourth-order valence-electron chi connectivity index (χ4n) is 1.98. The fraction of sp³-hybridized carbons (Fsp3) is 0.267. The molecule has 0 unspecified atom stereocenters. The van der Waals surface area contributed by atoms with E-state index in [1.165, 1.54) is 0 Å². The highest BCUT2D eigenvalue weighted by Crippen LogP contribution is 2.15. The third kappa shape index (κ3) is 2.96. The van der Waals surface area contributed by atoms with Crippen LogP contribution in [0.4, 0.5) is 5.69 Å². The molecule has 2 aromatic rings. The van der Waals surface area contributed by atoms with E-state index in [-0.39, 0.29) is 5.91 Å². The second-order valence-electron chi connectivity index (χ2n) is 4.51. The van der Waals surface area contributed by atoms with E-state index in [4.69, 9.17) is 10.2 Å². The summed E-state index contributed by atoms with van der Waals surface area (Å²) in [6.07, 6.45) is 2.27. The van der Waals surface area contributed by atoms with Gasteiger partial charge in [0.15, 0.2) is 0 Å². The van der Waals surface area contributed by atoms with Gasteiger partial charge in [-0.25, -0.2) is 0 Å². The lowest BCUT2D eigenvalue weighted by Gasteiger charge is -2.17. The Morgan fingerprint density at radius 2 is 1.95 bits per heavy atom. The Labute approximate surface area is 112 Å². The van der Waals surface area contributed by atoms with Crippen LogP contribution in [-0.2, 0) is 13.0 Å². The van der Waals surface area contributed by atoms with Gasteiger partial charge in [0.2, 0.25) is 0 Å². The predicted molar refractivity (Wildman–Crippen MR) is 74.7 cm³/mol. The summed E-state index contributed by atoms with van der Waals surface area (Å²) in [4.78, 5) is 14.0. The highest BCUT2D eigenvalue weighted by Gasteiger charge is 2.17. The Morgan fingerprint density at radius 3 is 2.58 bits per heavy atom. The average Bonchev–Trinajstić information content (AvgIpc) is 2.88. The van der Waals surface area contributed by atoms with Crippen LogP contribution < -0.4 is 5.73 Å². The highest BCUT2D eigenvalue weighted by atomic mass is 16.3. The molecule has 0 fully saturated rings. The van der Waals surface area contributed by atoms with Gasteiger partial charge in [-0.15, -0.1) is 0 Å². The molecule has 0 saturated carbocycles. The molecule has 0 aliphatic carbocycles. The molecule has 0 spiro atoms. The van der Waals surface area contributed by atoms with Gasteiger partial charge in [0.05, 0.1) is 11.8 Å². The number of rotatable bonds is 4. The Hall–Kier alpha value is -2.23. The number of nitrogens with zero attached hydrogens (tertiary/aromatic N) is 1. The third-order valence-corrected chi connectivity index (χ3v) is 3.04. The maximum absolute atomic E-state index is 12.3. The summed E-state index contributed by atoms with van der Waals surface area (Å²) in [5.74, 6) is 0.705. The van der Waals surface area contributed by atoms with Crippen molar-refractivity contribution in [1.29, 1.82) is 0 Å². The number of carbonyl (C=O) groups excluding carboxylic acids is 1. The summed E-state index contributed by atoms with van der Waals surface area (Å²) < 4.78 is 5.29. The van der Waals surface area contributed by atoms with E-state index in [2.05, 4.69) is 0 Å². The Kier molecular flexibility index (Phi) is 3.90. The van der Waals surface area contributed by atoms with Gasteiger partial charge in [0, 0.05) is 25.7 Å². The zero-order chi connectivity index (χ0) is 13.8. The van der Waals surface area contributed by atoms with Gasteiger partial charge >= 0.3 is 0 Å². The minimum absolute atomic E-state index is 0.0255. The molecule has 19 heavy (non-hydrogen) atoms. The average molecular weight is 258 g/mol. The van der Waals surface area contributed by atoms with Gasteiger partial charge in [0.1, 0.15) is 5.76 Å². The molecule has 1 aromatic carbocycles. The lowest BCUT2D eigenvalue weighted by Crippen LogP contribution is -2.26. The molecular formula is C15H18N2O2. The standard InChI is InChI=1S/C15H18N2O2/c1-3-14-13(8-9-19-14)15(18)17(2)10-11-4-6-12(16)7-5-11/h4-9H,3,10,16H2,1-2H3. The van der Waals surface area contributed by atoms with E-state index in [9.17, 15) is 4.79 Å². The Bertz CT molecular complexity index is 558. The molecule has 0 aliphatic rings. The molecule has 0 radical (unpaired) electrons. The summed E-state index contributed by atoms with van der Waals surface area (Å²) in [6, 6.07) is 9.25. The smallest absolute Gasteiger partial charge is 0.257 e. The van der Waals surface area contributed by atoms with Crippen LogP contribution in [0, 0.1) is 0 Å². The zero-order valence-electron chi connectivity index (χ0n) is 11.2. The summed E-state index contributed by atoms with van der Waals surface area (Å²) >= 11 is 0. The minimum Gasteiger partial charge on any atom is -0.469 e. The van der Waals surface area contributed by atoms with Gasteiger partial charge in [-0.05, 0) is 23.8 Å². The van der Waals surface area contributed by atoms with Gasteiger partial charge in [-0.3, -0.25) is 4.79 Å². The first-order valence-electron chi connectivity index (χ1n) is 6.28. The SMILES string of the molecule is CCc1occc1C(=O)N(C)Cc1ccc(N)cc1. The van der Waals surface area contributed by atoms with Crippen molar-refractivity contribution >= 4 is 11.6 Å². The molecule has 0 atom stereocenters. The highest BCUT2D eigenvalue weighted by molar-refractivity contribution is 5.95. The number of carbonyl (C=O) groups is 1. The lowest BCUT2D eigenvalue weighted by atomic mass is 10.1. The number of hydrogen-bond donors (Lipinski definition) is 1. The van der Waals surface area contributed by atoms with E-state index in [0.717, 1.165) is 17.0 Å². The summed E-state index contributed by atoms with van der Waals surface area (Å²) in [7, 11) is 1.78. The number of furan rings is 1. The van der Waals surface area contributed by atoms with Crippen molar-refractivity contribution in [3.63, 3.8) is 0 Å². The van der Waals surface area contributed by atoms with Crippen LogP contribution in [0.15, 0.2) is 41.0 Å². The van der Waals surface area contributed by atoms with Gasteiger partial charge in [0.25, 0.3) is 5.91 Å². The summed E-state index contributed by atoms with van der Waals surface area (Å²) in [6.45, 7) is 2.52. The molecule has 2 N–H and O–H groups in total. The third-order valence-electron chi connectivity index (χ3n) is 3.04. The molecule has 4 heteroatoms.